The lowest BCUT2D eigenvalue weighted by atomic mass is 10.8. The fourth-order valence-electron chi connectivity index (χ4n) is 0. The van der Waals surface area contributed by atoms with Crippen molar-refractivity contribution in [3.63, 3.8) is 0 Å². The van der Waals surface area contributed by atoms with Crippen LogP contribution in [0.1, 0.15) is 0 Å². The molecule has 0 aromatic rings. The van der Waals surface area contributed by atoms with Gasteiger partial charge in [0.05, 0.1) is 0 Å². The summed E-state index contributed by atoms with van der Waals surface area (Å²) in [5.74, 6) is 0. The predicted octanol–water partition coefficient (Wildman–Crippen LogP) is -0.263. The van der Waals surface area contributed by atoms with E-state index in [0.29, 0.717) is 0 Å². The maximum Gasteiger partial charge on any atom is 0 e. The molecule has 0 saturated heterocycles. The van der Waals surface area contributed by atoms with Gasteiger partial charge in [-0.25, -0.2) is 0 Å². The average molecular weight is 91.0 g/mol. The van der Waals surface area contributed by atoms with E-state index in [9.17, 15) is 0 Å². The molecule has 2 heteroatoms. The Bertz CT molecular complexity index is 23.0. The molecule has 6 heavy (non-hydrogen) atoms. The van der Waals surface area contributed by atoms with Crippen molar-refractivity contribution in [2.24, 2.45) is 0 Å². The first-order valence-electron chi connectivity index (χ1n) is 0.667. The first-order valence-corrected chi connectivity index (χ1v) is 0.667. The van der Waals surface area contributed by atoms with Crippen LogP contribution in [0.5, 0.6) is 0 Å². The molecular weight excluding hydrogens is 86.9 g/mol. The van der Waals surface area contributed by atoms with Crippen molar-refractivity contribution in [1.29, 1.82) is 0 Å². The standard InChI is InChI=1S/2C2H2.B.Si/c2*1-2;;/h2*1-2H;;. The Morgan fingerprint density at radius 2 is 0.667 bits per heavy atom. The van der Waals surface area contributed by atoms with Crippen LogP contribution in [-0.2, 0) is 0 Å². The SMILES string of the molecule is C#C.C#C.[B].[Si]. The number of terminal acetylenes is 2. The Balaban J connectivity index is -0.00000000500. The smallest absolute Gasteiger partial charge is 0 e. The Morgan fingerprint density at radius 1 is 0.667 bits per heavy atom. The van der Waals surface area contributed by atoms with E-state index in [0.717, 1.165) is 0 Å². The minimum atomic E-state index is 0. The van der Waals surface area contributed by atoms with Crippen molar-refractivity contribution in [2.45, 2.75) is 0 Å². The lowest BCUT2D eigenvalue weighted by Crippen LogP contribution is -0.576. The molecule has 0 N–H and O–H groups in total. The van der Waals surface area contributed by atoms with E-state index in [1.165, 1.54) is 0 Å². The second-order valence-electron chi connectivity index (χ2n) is 0. The topological polar surface area (TPSA) is 0 Å². The highest BCUT2D eigenvalue weighted by atomic mass is 28.1. The second kappa shape index (κ2) is 142. The molecule has 0 aliphatic heterocycles. The fraction of sp³-hybridized carbons (Fsp3) is 0. The van der Waals surface area contributed by atoms with Crippen LogP contribution < -0.4 is 0 Å². The van der Waals surface area contributed by atoms with Gasteiger partial charge in [0.2, 0.25) is 0 Å². The monoisotopic (exact) mass is 91.0 g/mol. The maximum atomic E-state index is 4.00. The van der Waals surface area contributed by atoms with Crippen LogP contribution >= 0.6 is 0 Å². The maximum absolute atomic E-state index is 4.00. The van der Waals surface area contributed by atoms with E-state index >= 15 is 0 Å². The highest BCUT2D eigenvalue weighted by Gasteiger charge is 0.456. The van der Waals surface area contributed by atoms with Gasteiger partial charge in [-0.05, 0) is 0 Å². The molecule has 0 bridgehead atoms. The molecular formula is C4H4BSi. The summed E-state index contributed by atoms with van der Waals surface area (Å²) in [5, 5.41) is 0. The van der Waals surface area contributed by atoms with Gasteiger partial charge in [0.25, 0.3) is 0 Å². The minimum Gasteiger partial charge on any atom is -0.124 e. The molecule has 0 atom stereocenters. The van der Waals surface area contributed by atoms with E-state index < -0.39 is 0 Å². The van der Waals surface area contributed by atoms with Crippen molar-refractivity contribution >= 4 is 19.4 Å². The van der Waals surface area contributed by atoms with Crippen LogP contribution in [0, 0.1) is 25.7 Å². The van der Waals surface area contributed by atoms with Crippen LogP contribution in [-0.4, -0.2) is 19.4 Å². The largest absolute Gasteiger partial charge is 0.124 e. The summed E-state index contributed by atoms with van der Waals surface area (Å²) in [4.78, 5) is 0. The zero-order chi connectivity index (χ0) is 4.00. The van der Waals surface area contributed by atoms with Gasteiger partial charge in [-0.1, -0.05) is 0 Å². The number of rotatable bonds is 0. The van der Waals surface area contributed by atoms with Crippen LogP contribution in [0.3, 0.4) is 0 Å². The Hall–Kier alpha value is -0.598. The van der Waals surface area contributed by atoms with Crippen LogP contribution in [0.15, 0.2) is 0 Å². The molecule has 0 saturated carbocycles. The predicted molar refractivity (Wildman–Crippen MR) is 31.3 cm³/mol. The summed E-state index contributed by atoms with van der Waals surface area (Å²) in [6.45, 7) is 0. The second-order valence-corrected chi connectivity index (χ2v) is 0. The van der Waals surface area contributed by atoms with Gasteiger partial charge in [0.1, 0.15) is 0 Å². The normalized spacial score (nSPS) is 0.667. The Morgan fingerprint density at radius 3 is 0.667 bits per heavy atom. The summed E-state index contributed by atoms with van der Waals surface area (Å²) in [6.07, 6.45) is 16.0. The molecule has 27 valence electrons. The quantitative estimate of drug-likeness (QED) is 0.284. The van der Waals surface area contributed by atoms with Crippen LogP contribution in [0.4, 0.5) is 0 Å². The van der Waals surface area contributed by atoms with E-state index in [2.05, 4.69) is 25.7 Å². The van der Waals surface area contributed by atoms with Gasteiger partial charge < -0.3 is 0 Å². The van der Waals surface area contributed by atoms with Gasteiger partial charge in [-0.15, -0.1) is 25.7 Å². The van der Waals surface area contributed by atoms with Crippen molar-refractivity contribution < 1.29 is 0 Å². The molecule has 0 heterocycles. The van der Waals surface area contributed by atoms with Gasteiger partial charge in [0, 0.05) is 19.4 Å². The third kappa shape index (κ3) is 54.8. The van der Waals surface area contributed by atoms with Crippen molar-refractivity contribution in [3.05, 3.63) is 0 Å². The van der Waals surface area contributed by atoms with Crippen molar-refractivity contribution in [3.8, 4) is 25.7 Å². The van der Waals surface area contributed by atoms with Crippen molar-refractivity contribution in [1.82, 2.24) is 0 Å². The summed E-state index contributed by atoms with van der Waals surface area (Å²) in [6, 6.07) is 0. The zero-order valence-electron chi connectivity index (χ0n) is 3.39. The lowest BCUT2D eigenvalue weighted by molar-refractivity contribution is 3.31. The molecule has 0 unspecified atom stereocenters. The van der Waals surface area contributed by atoms with E-state index in [1.807, 2.05) is 0 Å². The minimum absolute atomic E-state index is 0. The fourth-order valence-corrected chi connectivity index (χ4v) is 0. The third-order valence-corrected chi connectivity index (χ3v) is 0. The van der Waals surface area contributed by atoms with Gasteiger partial charge >= 0.3 is 0 Å². The molecule has 0 spiro atoms. The molecule has 0 amide bonds. The van der Waals surface area contributed by atoms with Crippen molar-refractivity contribution in [2.75, 3.05) is 0 Å². The molecule has 0 nitrogen and oxygen atoms in total. The molecule has 0 rings (SSSR count). The average Bonchev–Trinajstić information content (AvgIpc) is 1.50. The Kier molecular flexibility index (Phi) is 1260. The molecule has 0 aromatic heterocycles. The highest BCUT2D eigenvalue weighted by Crippen LogP contribution is 0.581. The van der Waals surface area contributed by atoms with E-state index in [1.54, 1.807) is 0 Å². The van der Waals surface area contributed by atoms with Crippen LogP contribution in [0.2, 0.25) is 0 Å². The summed E-state index contributed by atoms with van der Waals surface area (Å²) < 4.78 is 0. The summed E-state index contributed by atoms with van der Waals surface area (Å²) in [7, 11) is 0. The van der Waals surface area contributed by atoms with E-state index in [-0.39, 0.29) is 19.4 Å². The summed E-state index contributed by atoms with van der Waals surface area (Å²) in [5.41, 5.74) is 0. The summed E-state index contributed by atoms with van der Waals surface area (Å²) >= 11 is 0. The van der Waals surface area contributed by atoms with Gasteiger partial charge in [0.15, 0.2) is 0 Å². The third-order valence-electron chi connectivity index (χ3n) is 0. The first-order chi connectivity index (χ1) is 2.00. The molecule has 0 aromatic carbocycles. The molecule has 0 aliphatic carbocycles. The Labute approximate surface area is 45.9 Å². The van der Waals surface area contributed by atoms with Crippen LogP contribution in [0.25, 0.3) is 0 Å². The highest BCUT2D eigenvalue weighted by molar-refractivity contribution is 5.76. The molecule has 0 aliphatic rings. The van der Waals surface area contributed by atoms with Gasteiger partial charge in [-0.3, -0.25) is 0 Å². The molecule has 7 radical (unpaired) electrons. The van der Waals surface area contributed by atoms with Gasteiger partial charge in [-0.2, -0.15) is 0 Å². The zero-order valence-corrected chi connectivity index (χ0v) is 4.39. The number of hydrogen-bond donors (Lipinski definition) is 0. The lowest BCUT2D eigenvalue weighted by Gasteiger charge is -0.701. The number of hydrogen-bond acceptors (Lipinski definition) is 0. The molecule has 0 fully saturated rings. The van der Waals surface area contributed by atoms with E-state index in [4.69, 9.17) is 0 Å². The first kappa shape index (κ1) is 53.3.